The van der Waals surface area contributed by atoms with E-state index in [0.29, 0.717) is 0 Å². The molecule has 0 heterocycles. The van der Waals surface area contributed by atoms with Crippen molar-refractivity contribution in [1.82, 2.24) is 0 Å². The average Bonchev–Trinajstić information content (AvgIpc) is 2.48. The monoisotopic (exact) mass is 438 g/mol. The van der Waals surface area contributed by atoms with Crippen LogP contribution in [0, 0.1) is 5.82 Å². The van der Waals surface area contributed by atoms with Gasteiger partial charge in [0.25, 0.3) is 0 Å². The lowest BCUT2D eigenvalue weighted by atomic mass is 10.2. The van der Waals surface area contributed by atoms with E-state index in [0.717, 1.165) is 16.6 Å². The number of hydrogen-bond donors (Lipinski definition) is 1. The lowest BCUT2D eigenvalue weighted by Crippen LogP contribution is -2.45. The van der Waals surface area contributed by atoms with Crippen LogP contribution >= 0.6 is 34.8 Å². The molecule has 2 aromatic rings. The maximum atomic E-state index is 13.2. The smallest absolute Gasteiger partial charge is 0.247 e. The van der Waals surface area contributed by atoms with Crippen molar-refractivity contribution in [2.24, 2.45) is 0 Å². The highest BCUT2D eigenvalue weighted by atomic mass is 35.5. The fraction of sp³-hybridized carbons (Fsp3) is 0.188. The van der Waals surface area contributed by atoms with E-state index in [1.54, 1.807) is 0 Å². The molecule has 2 rings (SSSR count). The first-order valence-electron chi connectivity index (χ1n) is 7.20. The number of amides is 1. The minimum absolute atomic E-state index is 0.143. The predicted molar refractivity (Wildman–Crippen MR) is 103 cm³/mol. The van der Waals surface area contributed by atoms with E-state index in [9.17, 15) is 17.6 Å². The summed E-state index contributed by atoms with van der Waals surface area (Å²) in [5.74, 6) is -1.28. The third-order valence-corrected chi connectivity index (χ3v) is 5.35. The van der Waals surface area contributed by atoms with Crippen molar-refractivity contribution in [3.8, 4) is 0 Å². The summed E-state index contributed by atoms with van der Waals surface area (Å²) in [6.45, 7) is 1.40. The Balaban J connectivity index is 2.35. The van der Waals surface area contributed by atoms with Crippen LogP contribution in [0.3, 0.4) is 0 Å². The van der Waals surface area contributed by atoms with Crippen molar-refractivity contribution in [2.75, 3.05) is 15.9 Å². The molecule has 0 aliphatic carbocycles. The van der Waals surface area contributed by atoms with Gasteiger partial charge in [0.05, 0.1) is 17.0 Å². The van der Waals surface area contributed by atoms with E-state index >= 15 is 0 Å². The third-order valence-electron chi connectivity index (χ3n) is 3.38. The molecule has 0 aliphatic heterocycles. The van der Waals surface area contributed by atoms with Gasteiger partial charge in [-0.15, -0.1) is 0 Å². The van der Waals surface area contributed by atoms with Gasteiger partial charge < -0.3 is 5.32 Å². The van der Waals surface area contributed by atoms with Crippen molar-refractivity contribution in [2.45, 2.75) is 13.0 Å². The van der Waals surface area contributed by atoms with Crippen LogP contribution in [0.5, 0.6) is 0 Å². The summed E-state index contributed by atoms with van der Waals surface area (Å²) in [7, 11) is -3.83. The Labute approximate surface area is 165 Å². The molecular weight excluding hydrogens is 426 g/mol. The number of halogens is 4. The van der Waals surface area contributed by atoms with Crippen molar-refractivity contribution in [1.29, 1.82) is 0 Å². The van der Waals surface area contributed by atoms with Gasteiger partial charge >= 0.3 is 0 Å². The molecule has 1 N–H and O–H groups in total. The van der Waals surface area contributed by atoms with Crippen molar-refractivity contribution < 1.29 is 17.6 Å². The average molecular weight is 440 g/mol. The van der Waals surface area contributed by atoms with Crippen molar-refractivity contribution in [3.05, 3.63) is 57.3 Å². The Kier molecular flexibility index (Phi) is 6.39. The third kappa shape index (κ3) is 5.01. The second-order valence-electron chi connectivity index (χ2n) is 5.48. The van der Waals surface area contributed by atoms with Crippen molar-refractivity contribution in [3.63, 3.8) is 0 Å². The zero-order chi connectivity index (χ0) is 19.6. The zero-order valence-corrected chi connectivity index (χ0v) is 16.7. The predicted octanol–water partition coefficient (Wildman–Crippen LogP) is 4.58. The Morgan fingerprint density at radius 3 is 2.19 bits per heavy atom. The molecule has 0 saturated carbocycles. The molecule has 0 aliphatic rings. The van der Waals surface area contributed by atoms with E-state index < -0.39 is 27.8 Å². The van der Waals surface area contributed by atoms with Crippen LogP contribution in [0.25, 0.3) is 0 Å². The minimum Gasteiger partial charge on any atom is -0.324 e. The van der Waals surface area contributed by atoms with Crippen LogP contribution < -0.4 is 9.62 Å². The summed E-state index contributed by atoms with van der Waals surface area (Å²) in [5.41, 5.74) is 0.371. The molecule has 10 heteroatoms. The summed E-state index contributed by atoms with van der Waals surface area (Å²) >= 11 is 17.5. The summed E-state index contributed by atoms with van der Waals surface area (Å²) in [5, 5.41) is 2.77. The SMILES string of the molecule is CC(C(=O)Nc1ccc(F)c(Cl)c1)N(c1cc(Cl)cc(Cl)c1)S(C)(=O)=O. The Morgan fingerprint density at radius 2 is 1.69 bits per heavy atom. The molecule has 0 aromatic heterocycles. The molecule has 26 heavy (non-hydrogen) atoms. The topological polar surface area (TPSA) is 66.5 Å². The number of hydrogen-bond acceptors (Lipinski definition) is 3. The maximum absolute atomic E-state index is 13.2. The molecule has 1 unspecified atom stereocenters. The fourth-order valence-electron chi connectivity index (χ4n) is 2.30. The number of nitrogens with one attached hydrogen (secondary N) is 1. The second-order valence-corrected chi connectivity index (χ2v) is 8.62. The molecule has 0 saturated heterocycles. The molecule has 0 spiro atoms. The van der Waals surface area contributed by atoms with Crippen LogP contribution in [-0.2, 0) is 14.8 Å². The quantitative estimate of drug-likeness (QED) is 0.741. The first kappa shape index (κ1) is 20.8. The summed E-state index contributed by atoms with van der Waals surface area (Å²) < 4.78 is 38.6. The standard InChI is InChI=1S/C16H14Cl3FN2O3S/c1-9(16(23)21-12-3-4-15(20)14(19)8-12)22(26(2,24)25)13-6-10(17)5-11(18)7-13/h3-9H,1-2H3,(H,21,23). The van der Waals surface area contributed by atoms with Gasteiger partial charge in [0.1, 0.15) is 11.9 Å². The van der Waals surface area contributed by atoms with Gasteiger partial charge in [-0.3, -0.25) is 9.10 Å². The number of carbonyl (C=O) groups excluding carboxylic acids is 1. The first-order valence-corrected chi connectivity index (χ1v) is 10.2. The molecule has 0 radical (unpaired) electrons. The summed E-state index contributed by atoms with van der Waals surface area (Å²) in [4.78, 5) is 12.5. The molecule has 0 bridgehead atoms. The van der Waals surface area contributed by atoms with Gasteiger partial charge in [-0.05, 0) is 43.3 Å². The van der Waals surface area contributed by atoms with E-state index in [4.69, 9.17) is 34.8 Å². The Hall–Kier alpha value is -1.54. The zero-order valence-electron chi connectivity index (χ0n) is 13.6. The van der Waals surface area contributed by atoms with E-state index in [1.165, 1.54) is 37.3 Å². The van der Waals surface area contributed by atoms with E-state index in [-0.39, 0.29) is 26.4 Å². The van der Waals surface area contributed by atoms with Gasteiger partial charge in [-0.2, -0.15) is 0 Å². The molecule has 0 fully saturated rings. The Bertz CT molecular complexity index is 934. The van der Waals surface area contributed by atoms with E-state index in [2.05, 4.69) is 5.32 Å². The lowest BCUT2D eigenvalue weighted by Gasteiger charge is -2.28. The minimum atomic E-state index is -3.83. The normalized spacial score (nSPS) is 12.5. The Morgan fingerprint density at radius 1 is 1.12 bits per heavy atom. The molecule has 2 aromatic carbocycles. The summed E-state index contributed by atoms with van der Waals surface area (Å²) in [6, 6.07) is 6.70. The highest BCUT2D eigenvalue weighted by Gasteiger charge is 2.29. The van der Waals surface area contributed by atoms with Crippen LogP contribution in [0.1, 0.15) is 6.92 Å². The van der Waals surface area contributed by atoms with Crippen LogP contribution in [0.2, 0.25) is 15.1 Å². The van der Waals surface area contributed by atoms with Crippen LogP contribution in [0.15, 0.2) is 36.4 Å². The van der Waals surface area contributed by atoms with Gasteiger partial charge in [-0.1, -0.05) is 34.8 Å². The highest BCUT2D eigenvalue weighted by Crippen LogP contribution is 2.29. The first-order chi connectivity index (χ1) is 12.0. The van der Waals surface area contributed by atoms with Gasteiger partial charge in [0.15, 0.2) is 0 Å². The number of sulfonamides is 1. The number of rotatable bonds is 5. The highest BCUT2D eigenvalue weighted by molar-refractivity contribution is 7.92. The molecule has 1 atom stereocenters. The van der Waals surface area contributed by atoms with Crippen LogP contribution in [-0.4, -0.2) is 26.6 Å². The molecule has 5 nitrogen and oxygen atoms in total. The fourth-order valence-corrected chi connectivity index (χ4v) is 4.15. The van der Waals surface area contributed by atoms with Crippen LogP contribution in [0.4, 0.5) is 15.8 Å². The number of anilines is 2. The maximum Gasteiger partial charge on any atom is 0.247 e. The molecular formula is C16H14Cl3FN2O3S. The molecule has 140 valence electrons. The number of carbonyl (C=O) groups is 1. The largest absolute Gasteiger partial charge is 0.324 e. The van der Waals surface area contributed by atoms with Gasteiger partial charge in [-0.25, -0.2) is 12.8 Å². The summed E-state index contributed by atoms with van der Waals surface area (Å²) in [6.07, 6.45) is 0.959. The number of nitrogens with zero attached hydrogens (tertiary/aromatic N) is 1. The number of benzene rings is 2. The lowest BCUT2D eigenvalue weighted by molar-refractivity contribution is -0.116. The molecule has 1 amide bonds. The van der Waals surface area contributed by atoms with Gasteiger partial charge in [0.2, 0.25) is 15.9 Å². The second kappa shape index (κ2) is 8.00. The van der Waals surface area contributed by atoms with Gasteiger partial charge in [0, 0.05) is 15.7 Å². The van der Waals surface area contributed by atoms with E-state index in [1.807, 2.05) is 0 Å². The van der Waals surface area contributed by atoms with Crippen molar-refractivity contribution >= 4 is 62.1 Å².